The molecule has 1 aromatic rings. The van der Waals surface area contributed by atoms with Gasteiger partial charge in [0.25, 0.3) is 0 Å². The third-order valence-corrected chi connectivity index (χ3v) is 5.09. The summed E-state index contributed by atoms with van der Waals surface area (Å²) in [7, 11) is -0.582. The lowest BCUT2D eigenvalue weighted by Gasteiger charge is -2.24. The fourth-order valence-corrected chi connectivity index (χ4v) is 3.09. The molecule has 1 saturated carbocycles. The second-order valence-electron chi connectivity index (χ2n) is 5.58. The molecule has 2 unspecified atom stereocenters. The number of hydrogen-bond donors (Lipinski definition) is 1. The van der Waals surface area contributed by atoms with Crippen molar-refractivity contribution in [2.75, 3.05) is 31.1 Å². The van der Waals surface area contributed by atoms with E-state index < -0.39 is 10.0 Å². The Kier molecular flexibility index (Phi) is 4.22. The van der Waals surface area contributed by atoms with Gasteiger partial charge in [0.2, 0.25) is 0 Å². The molecule has 0 aromatic carbocycles. The van der Waals surface area contributed by atoms with Crippen LogP contribution in [0.15, 0.2) is 16.8 Å². The molecule has 18 heavy (non-hydrogen) atoms. The fraction of sp³-hybridized carbons (Fsp3) is 0.615. The highest BCUT2D eigenvalue weighted by atomic mass is 32.3. The van der Waals surface area contributed by atoms with Crippen LogP contribution in [0.4, 0.5) is 4.79 Å². The molecule has 1 N–H and O–H groups in total. The maximum atomic E-state index is 11.6. The minimum Gasteiger partial charge on any atom is -0.449 e. The lowest BCUT2D eigenvalue weighted by atomic mass is 10.2. The molecule has 2 rings (SSSR count). The van der Waals surface area contributed by atoms with Crippen molar-refractivity contribution in [3.05, 3.63) is 22.4 Å². The van der Waals surface area contributed by atoms with Gasteiger partial charge >= 0.3 is 6.09 Å². The van der Waals surface area contributed by atoms with Crippen LogP contribution in [0, 0.1) is 0 Å². The Morgan fingerprint density at radius 2 is 2.33 bits per heavy atom. The monoisotopic (exact) mass is 287 g/mol. The smallest absolute Gasteiger partial charge is 0.407 e. The molecule has 2 atom stereocenters. The van der Waals surface area contributed by atoms with Gasteiger partial charge in [0.1, 0.15) is 6.61 Å². The molecule has 3 nitrogen and oxygen atoms in total. The van der Waals surface area contributed by atoms with E-state index in [-0.39, 0.29) is 12.1 Å². The average molecular weight is 287 g/mol. The largest absolute Gasteiger partial charge is 0.449 e. The van der Waals surface area contributed by atoms with Crippen molar-refractivity contribution in [2.45, 2.75) is 18.4 Å². The van der Waals surface area contributed by atoms with Gasteiger partial charge in [-0.15, -0.1) is 0 Å². The highest BCUT2D eigenvalue weighted by Gasteiger charge is 2.40. The van der Waals surface area contributed by atoms with Gasteiger partial charge in [0.15, 0.2) is 0 Å². The van der Waals surface area contributed by atoms with Crippen LogP contribution in [0.5, 0.6) is 0 Å². The number of thiophene rings is 1. The number of nitrogens with one attached hydrogen (secondary N) is 1. The zero-order valence-electron chi connectivity index (χ0n) is 11.1. The van der Waals surface area contributed by atoms with Crippen molar-refractivity contribution >= 4 is 27.5 Å². The summed E-state index contributed by atoms with van der Waals surface area (Å²) < 4.78 is 5.21. The van der Waals surface area contributed by atoms with E-state index in [9.17, 15) is 4.79 Å². The molecule has 1 aliphatic carbocycles. The predicted octanol–water partition coefficient (Wildman–Crippen LogP) is 3.02. The fourth-order valence-electron chi connectivity index (χ4n) is 1.79. The Labute approximate surface area is 114 Å². The van der Waals surface area contributed by atoms with E-state index in [0.717, 1.165) is 12.2 Å². The van der Waals surface area contributed by atoms with Crippen molar-refractivity contribution in [2.24, 2.45) is 0 Å². The van der Waals surface area contributed by atoms with Crippen LogP contribution >= 0.6 is 21.4 Å². The van der Waals surface area contributed by atoms with Gasteiger partial charge in [0, 0.05) is 17.7 Å². The Morgan fingerprint density at radius 3 is 2.94 bits per heavy atom. The third-order valence-electron chi connectivity index (χ3n) is 2.99. The first-order valence-electron chi connectivity index (χ1n) is 6.07. The minimum atomic E-state index is -0.582. The molecule has 0 saturated heterocycles. The topological polar surface area (TPSA) is 38.3 Å². The molecule has 102 valence electrons. The Bertz CT molecular complexity index is 398. The summed E-state index contributed by atoms with van der Waals surface area (Å²) in [5.74, 6) is 1.47. The molecule has 1 fully saturated rings. The zero-order valence-corrected chi connectivity index (χ0v) is 12.8. The molecule has 0 bridgehead atoms. The summed E-state index contributed by atoms with van der Waals surface area (Å²) in [4.78, 5) is 11.6. The van der Waals surface area contributed by atoms with E-state index in [1.807, 2.05) is 0 Å². The number of alkyl carbamates (subject to hydrolysis) is 1. The van der Waals surface area contributed by atoms with Crippen molar-refractivity contribution in [3.63, 3.8) is 0 Å². The Morgan fingerprint density at radius 1 is 1.56 bits per heavy atom. The van der Waals surface area contributed by atoms with Gasteiger partial charge in [-0.05, 0) is 47.6 Å². The SMILES string of the molecule is CS(C)(C)CCOC(=O)NC1CC1c1ccsc1. The van der Waals surface area contributed by atoms with Crippen molar-refractivity contribution in [1.29, 1.82) is 0 Å². The van der Waals surface area contributed by atoms with Crippen LogP contribution in [0.25, 0.3) is 0 Å². The van der Waals surface area contributed by atoms with Crippen LogP contribution < -0.4 is 5.32 Å². The molecule has 0 radical (unpaired) electrons. The highest BCUT2D eigenvalue weighted by molar-refractivity contribution is 8.32. The van der Waals surface area contributed by atoms with Crippen LogP contribution in [-0.4, -0.2) is 43.3 Å². The Balaban J connectivity index is 1.65. The maximum absolute atomic E-state index is 11.6. The lowest BCUT2D eigenvalue weighted by molar-refractivity contribution is 0.152. The summed E-state index contributed by atoms with van der Waals surface area (Å²) in [6.07, 6.45) is 7.45. The van der Waals surface area contributed by atoms with E-state index in [1.165, 1.54) is 5.56 Å². The second-order valence-corrected chi connectivity index (χ2v) is 11.0. The molecule has 5 heteroatoms. The first kappa shape index (κ1) is 13.7. The normalized spacial score (nSPS) is 23.5. The van der Waals surface area contributed by atoms with E-state index >= 15 is 0 Å². The molecular formula is C13H21NO2S2. The van der Waals surface area contributed by atoms with E-state index in [4.69, 9.17) is 4.74 Å². The molecule has 1 aliphatic rings. The number of ether oxygens (including phenoxy) is 1. The molecule has 0 aliphatic heterocycles. The van der Waals surface area contributed by atoms with Crippen molar-refractivity contribution in [3.8, 4) is 0 Å². The number of carbonyl (C=O) groups excluding carboxylic acids is 1. The van der Waals surface area contributed by atoms with Crippen LogP contribution in [0.2, 0.25) is 0 Å². The van der Waals surface area contributed by atoms with Gasteiger partial charge in [-0.1, -0.05) is 0 Å². The van der Waals surface area contributed by atoms with Crippen LogP contribution in [-0.2, 0) is 4.74 Å². The summed E-state index contributed by atoms with van der Waals surface area (Å²) in [5, 5.41) is 7.16. The van der Waals surface area contributed by atoms with E-state index in [0.29, 0.717) is 12.5 Å². The Hall–Kier alpha value is -0.680. The van der Waals surface area contributed by atoms with E-state index in [2.05, 4.69) is 40.9 Å². The highest BCUT2D eigenvalue weighted by Crippen LogP contribution is 2.41. The number of amides is 1. The van der Waals surface area contributed by atoms with Gasteiger partial charge < -0.3 is 10.1 Å². The first-order chi connectivity index (χ1) is 8.46. The summed E-state index contributed by atoms with van der Waals surface area (Å²) in [6.45, 7) is 0.528. The quantitative estimate of drug-likeness (QED) is 0.904. The average Bonchev–Trinajstić information content (AvgIpc) is 2.80. The summed E-state index contributed by atoms with van der Waals surface area (Å²) >= 11 is 1.70. The third kappa shape index (κ3) is 4.21. The zero-order chi connectivity index (χ0) is 13.2. The van der Waals surface area contributed by atoms with Gasteiger partial charge in [0.05, 0.1) is 0 Å². The second kappa shape index (κ2) is 5.53. The van der Waals surface area contributed by atoms with Gasteiger partial charge in [-0.25, -0.2) is 14.8 Å². The minimum absolute atomic E-state index is 0.263. The molecule has 0 spiro atoms. The number of hydrogen-bond acceptors (Lipinski definition) is 3. The summed E-state index contributed by atoms with van der Waals surface area (Å²) in [6, 6.07) is 2.40. The summed E-state index contributed by atoms with van der Waals surface area (Å²) in [5.41, 5.74) is 1.34. The lowest BCUT2D eigenvalue weighted by Crippen LogP contribution is -2.28. The maximum Gasteiger partial charge on any atom is 0.407 e. The standard InChI is InChI=1S/C13H21NO2S2/c1-18(2,3)7-5-16-13(15)14-12-8-11(12)10-4-6-17-9-10/h4,6,9,11-12H,5,7-8H2,1-3H3,(H,14,15). The van der Waals surface area contributed by atoms with E-state index in [1.54, 1.807) is 11.3 Å². The molecule has 1 aromatic heterocycles. The molecule has 1 amide bonds. The number of carbonyl (C=O) groups is 1. The van der Waals surface area contributed by atoms with Crippen LogP contribution in [0.1, 0.15) is 17.9 Å². The van der Waals surface area contributed by atoms with Crippen LogP contribution in [0.3, 0.4) is 0 Å². The number of rotatable bonds is 5. The van der Waals surface area contributed by atoms with Gasteiger partial charge in [-0.2, -0.15) is 11.3 Å². The van der Waals surface area contributed by atoms with Crippen molar-refractivity contribution in [1.82, 2.24) is 5.32 Å². The molecular weight excluding hydrogens is 266 g/mol. The van der Waals surface area contributed by atoms with Crippen molar-refractivity contribution < 1.29 is 9.53 Å². The first-order valence-corrected chi connectivity index (χ1v) is 10.0. The predicted molar refractivity (Wildman–Crippen MR) is 80.2 cm³/mol. The van der Waals surface area contributed by atoms with Gasteiger partial charge in [-0.3, -0.25) is 0 Å². The molecule has 1 heterocycles.